The molecular weight excluding hydrogens is 453 g/mol. The number of hydrogen-bond acceptors (Lipinski definition) is 5. The van der Waals surface area contributed by atoms with Gasteiger partial charge in [-0.15, -0.1) is 0 Å². The highest BCUT2D eigenvalue weighted by atomic mass is 32.2. The average molecular weight is 478 g/mol. The Morgan fingerprint density at radius 1 is 1.03 bits per heavy atom. The Balaban J connectivity index is 1.50. The maximum atomic E-state index is 13.3. The molecule has 1 heterocycles. The van der Waals surface area contributed by atoms with E-state index in [0.29, 0.717) is 23.1 Å². The number of rotatable bonds is 8. The van der Waals surface area contributed by atoms with Crippen LogP contribution in [0.5, 0.6) is 5.75 Å². The minimum Gasteiger partial charge on any atom is -0.497 e. The van der Waals surface area contributed by atoms with Gasteiger partial charge in [0.1, 0.15) is 16.8 Å². The van der Waals surface area contributed by atoms with Crippen molar-refractivity contribution in [1.82, 2.24) is 10.2 Å². The maximum Gasteiger partial charge on any atom is 0.242 e. The number of halogens is 1. The third-order valence-corrected chi connectivity index (χ3v) is 6.45. The summed E-state index contributed by atoms with van der Waals surface area (Å²) < 4.78 is 18.5. The second-order valence-electron chi connectivity index (χ2n) is 7.72. The molecule has 1 aliphatic heterocycles. The molecule has 0 unspecified atom stereocenters. The number of methoxy groups -OCH3 is 1. The number of nitrogens with one attached hydrogen (secondary N) is 1. The lowest BCUT2D eigenvalue weighted by Gasteiger charge is -2.16. The fourth-order valence-corrected chi connectivity index (χ4v) is 4.60. The third-order valence-electron chi connectivity index (χ3n) is 5.27. The summed E-state index contributed by atoms with van der Waals surface area (Å²) in [4.78, 5) is 32.0. The molecule has 1 saturated heterocycles. The molecule has 0 saturated carbocycles. The van der Waals surface area contributed by atoms with Gasteiger partial charge in [-0.25, -0.2) is 9.38 Å². The van der Waals surface area contributed by atoms with E-state index in [1.165, 1.54) is 23.9 Å². The van der Waals surface area contributed by atoms with Crippen molar-refractivity contribution in [2.24, 2.45) is 4.99 Å². The Morgan fingerprint density at radius 2 is 1.74 bits per heavy atom. The largest absolute Gasteiger partial charge is 0.497 e. The van der Waals surface area contributed by atoms with Crippen LogP contribution in [0.2, 0.25) is 0 Å². The minimum atomic E-state index is -0.590. The molecule has 2 amide bonds. The van der Waals surface area contributed by atoms with Crippen LogP contribution in [0.1, 0.15) is 17.5 Å². The summed E-state index contributed by atoms with van der Waals surface area (Å²) in [6.07, 6.45) is 0.0396. The van der Waals surface area contributed by atoms with Gasteiger partial charge in [0.2, 0.25) is 11.8 Å². The Hall–Kier alpha value is -3.65. The number of amides is 2. The van der Waals surface area contributed by atoms with E-state index in [1.807, 2.05) is 30.3 Å². The quantitative estimate of drug-likeness (QED) is 0.512. The molecule has 1 N–H and O–H groups in total. The fourth-order valence-electron chi connectivity index (χ4n) is 3.45. The molecule has 6 nitrogen and oxygen atoms in total. The van der Waals surface area contributed by atoms with Crippen molar-refractivity contribution in [3.05, 3.63) is 95.8 Å². The Kier molecular flexibility index (Phi) is 7.59. The van der Waals surface area contributed by atoms with Gasteiger partial charge in [0.15, 0.2) is 5.17 Å². The normalized spacial score (nSPS) is 16.6. The van der Waals surface area contributed by atoms with Crippen LogP contribution in [0.4, 0.5) is 10.1 Å². The summed E-state index contributed by atoms with van der Waals surface area (Å²) in [6, 6.07) is 22.8. The lowest BCUT2D eigenvalue weighted by atomic mass is 10.2. The van der Waals surface area contributed by atoms with E-state index in [9.17, 15) is 14.0 Å². The first kappa shape index (κ1) is 23.5. The summed E-state index contributed by atoms with van der Waals surface area (Å²) >= 11 is 1.26. The molecule has 3 aromatic carbocycles. The lowest BCUT2D eigenvalue weighted by Crippen LogP contribution is -2.34. The van der Waals surface area contributed by atoms with Gasteiger partial charge in [-0.05, 0) is 47.5 Å². The summed E-state index contributed by atoms with van der Waals surface area (Å²) in [6.45, 7) is 0.639. The molecule has 1 fully saturated rings. The Bertz CT molecular complexity index is 1170. The molecule has 4 rings (SSSR count). The van der Waals surface area contributed by atoms with E-state index >= 15 is 0 Å². The summed E-state index contributed by atoms with van der Waals surface area (Å²) in [7, 11) is 1.59. The number of hydrogen-bond donors (Lipinski definition) is 1. The molecule has 1 atom stereocenters. The number of aliphatic imine (C=N–C) groups is 1. The van der Waals surface area contributed by atoms with E-state index in [4.69, 9.17) is 4.74 Å². The van der Waals surface area contributed by atoms with Crippen molar-refractivity contribution in [3.8, 4) is 5.75 Å². The number of ether oxygens (including phenoxy) is 1. The zero-order chi connectivity index (χ0) is 23.9. The van der Waals surface area contributed by atoms with Gasteiger partial charge in [-0.3, -0.25) is 14.5 Å². The van der Waals surface area contributed by atoms with E-state index in [2.05, 4.69) is 10.3 Å². The highest BCUT2D eigenvalue weighted by Crippen LogP contribution is 2.33. The zero-order valence-electron chi connectivity index (χ0n) is 18.6. The van der Waals surface area contributed by atoms with Gasteiger partial charge < -0.3 is 10.1 Å². The first-order valence-corrected chi connectivity index (χ1v) is 11.7. The predicted molar refractivity (Wildman–Crippen MR) is 131 cm³/mol. The molecule has 0 aromatic heterocycles. The summed E-state index contributed by atoms with van der Waals surface area (Å²) in [5, 5.41) is 2.79. The van der Waals surface area contributed by atoms with Gasteiger partial charge >= 0.3 is 0 Å². The molecule has 0 aliphatic carbocycles. The zero-order valence-corrected chi connectivity index (χ0v) is 19.4. The third kappa shape index (κ3) is 6.02. The lowest BCUT2D eigenvalue weighted by molar-refractivity contribution is -0.129. The fraction of sp³-hybridized carbons (Fsp3) is 0.192. The number of amidine groups is 1. The number of nitrogens with zero attached hydrogens (tertiary/aromatic N) is 2. The van der Waals surface area contributed by atoms with E-state index in [1.54, 1.807) is 48.4 Å². The standard InChI is InChI=1S/C26H24FN3O3S/c1-33-22-13-11-21(12-14-22)29-26-30(17-19-7-9-20(27)10-8-19)25(32)23(34-26)15-24(31)28-16-18-5-3-2-4-6-18/h2-14,23H,15-17H2,1H3,(H,28,31)/t23-/m1/s1. The topological polar surface area (TPSA) is 71.0 Å². The van der Waals surface area contributed by atoms with Crippen molar-refractivity contribution >= 4 is 34.4 Å². The van der Waals surface area contributed by atoms with Crippen molar-refractivity contribution in [1.29, 1.82) is 0 Å². The highest BCUT2D eigenvalue weighted by molar-refractivity contribution is 8.15. The molecule has 8 heteroatoms. The number of benzene rings is 3. The van der Waals surface area contributed by atoms with Crippen LogP contribution in [0, 0.1) is 5.82 Å². The maximum absolute atomic E-state index is 13.3. The van der Waals surface area contributed by atoms with Crippen molar-refractivity contribution in [3.63, 3.8) is 0 Å². The van der Waals surface area contributed by atoms with Gasteiger partial charge in [0, 0.05) is 13.0 Å². The minimum absolute atomic E-state index is 0.0396. The summed E-state index contributed by atoms with van der Waals surface area (Å²) in [5.41, 5.74) is 2.42. The van der Waals surface area contributed by atoms with E-state index in [0.717, 1.165) is 11.1 Å². The van der Waals surface area contributed by atoms with Crippen LogP contribution in [0.25, 0.3) is 0 Å². The van der Waals surface area contributed by atoms with Crippen LogP contribution >= 0.6 is 11.8 Å². The van der Waals surface area contributed by atoms with Gasteiger partial charge in [0.05, 0.1) is 19.3 Å². The average Bonchev–Trinajstić information content (AvgIpc) is 3.14. The van der Waals surface area contributed by atoms with Crippen LogP contribution in [-0.4, -0.2) is 34.2 Å². The molecule has 3 aromatic rings. The number of carbonyl (C=O) groups excluding carboxylic acids is 2. The molecule has 174 valence electrons. The van der Waals surface area contributed by atoms with Crippen LogP contribution in [0.3, 0.4) is 0 Å². The Labute approximate surface area is 201 Å². The highest BCUT2D eigenvalue weighted by Gasteiger charge is 2.39. The second-order valence-corrected chi connectivity index (χ2v) is 8.89. The van der Waals surface area contributed by atoms with Gasteiger partial charge in [-0.2, -0.15) is 0 Å². The van der Waals surface area contributed by atoms with Crippen molar-refractivity contribution in [2.45, 2.75) is 24.8 Å². The van der Waals surface area contributed by atoms with Crippen LogP contribution in [0.15, 0.2) is 83.9 Å². The SMILES string of the molecule is COc1ccc(N=C2S[C@H](CC(=O)NCc3ccccc3)C(=O)N2Cc2ccc(F)cc2)cc1. The van der Waals surface area contributed by atoms with E-state index < -0.39 is 5.25 Å². The Morgan fingerprint density at radius 3 is 2.41 bits per heavy atom. The van der Waals surface area contributed by atoms with Crippen molar-refractivity contribution < 1.29 is 18.7 Å². The van der Waals surface area contributed by atoms with Crippen molar-refractivity contribution in [2.75, 3.05) is 7.11 Å². The molecule has 0 radical (unpaired) electrons. The van der Waals surface area contributed by atoms with Gasteiger partial charge in [-0.1, -0.05) is 54.2 Å². The monoisotopic (exact) mass is 477 g/mol. The molecule has 0 spiro atoms. The number of thioether (sulfide) groups is 1. The molecule has 34 heavy (non-hydrogen) atoms. The smallest absolute Gasteiger partial charge is 0.242 e. The summed E-state index contributed by atoms with van der Waals surface area (Å²) in [5.74, 6) is -0.0419. The predicted octanol–water partition coefficient (Wildman–Crippen LogP) is 4.67. The number of carbonyl (C=O) groups is 2. The molecule has 1 aliphatic rings. The van der Waals surface area contributed by atoms with Gasteiger partial charge in [0.25, 0.3) is 0 Å². The molecular formula is C26H24FN3O3S. The first-order chi connectivity index (χ1) is 16.5. The second kappa shape index (κ2) is 11.0. The van der Waals surface area contributed by atoms with Crippen LogP contribution in [-0.2, 0) is 22.7 Å². The van der Waals surface area contributed by atoms with Crippen LogP contribution < -0.4 is 10.1 Å². The van der Waals surface area contributed by atoms with E-state index in [-0.39, 0.29) is 30.6 Å². The molecule has 0 bridgehead atoms. The first-order valence-electron chi connectivity index (χ1n) is 10.8.